The van der Waals surface area contributed by atoms with Gasteiger partial charge < -0.3 is 0 Å². The van der Waals surface area contributed by atoms with E-state index in [-0.39, 0.29) is 5.78 Å². The minimum Gasteiger partial charge on any atom is -0.292 e. The zero-order valence-electron chi connectivity index (χ0n) is 13.9. The molecule has 0 N–H and O–H groups in total. The second kappa shape index (κ2) is 8.04. The van der Waals surface area contributed by atoms with Crippen LogP contribution in [-0.4, -0.2) is 31.3 Å². The number of benzene rings is 1. The quantitative estimate of drug-likeness (QED) is 0.328. The highest BCUT2D eigenvalue weighted by Crippen LogP contribution is 2.29. The first-order chi connectivity index (χ1) is 13.2. The van der Waals surface area contributed by atoms with E-state index < -0.39 is 0 Å². The topological polar surface area (TPSA) is 60.7 Å². The Morgan fingerprint density at radius 2 is 1.85 bits per heavy atom. The SMILES string of the molecule is O=C(CSc1nnc(-c2ccncc2)n1-c1ccc(Cl)cc1)c1cccs1. The van der Waals surface area contributed by atoms with Gasteiger partial charge in [-0.05, 0) is 47.8 Å². The van der Waals surface area contributed by atoms with Crippen LogP contribution in [0, 0.1) is 0 Å². The molecule has 27 heavy (non-hydrogen) atoms. The number of rotatable bonds is 6. The van der Waals surface area contributed by atoms with E-state index in [9.17, 15) is 4.79 Å². The lowest BCUT2D eigenvalue weighted by Gasteiger charge is -2.10. The fourth-order valence-electron chi connectivity index (χ4n) is 2.51. The molecule has 0 spiro atoms. The van der Waals surface area contributed by atoms with Crippen molar-refractivity contribution in [1.29, 1.82) is 0 Å². The third-order valence-corrected chi connectivity index (χ3v) is 5.88. The Kier molecular flexibility index (Phi) is 5.33. The van der Waals surface area contributed by atoms with E-state index in [1.54, 1.807) is 12.4 Å². The molecule has 0 saturated carbocycles. The molecule has 3 aromatic heterocycles. The van der Waals surface area contributed by atoms with Gasteiger partial charge >= 0.3 is 0 Å². The Hall–Kier alpha value is -2.48. The molecule has 0 fully saturated rings. The largest absolute Gasteiger partial charge is 0.292 e. The van der Waals surface area contributed by atoms with Gasteiger partial charge in [-0.1, -0.05) is 29.4 Å². The maximum absolute atomic E-state index is 12.4. The average molecular weight is 413 g/mol. The Balaban J connectivity index is 1.70. The van der Waals surface area contributed by atoms with Crippen LogP contribution in [0.4, 0.5) is 0 Å². The van der Waals surface area contributed by atoms with Crippen molar-refractivity contribution in [3.63, 3.8) is 0 Å². The highest BCUT2D eigenvalue weighted by Gasteiger charge is 2.18. The maximum atomic E-state index is 12.4. The van der Waals surface area contributed by atoms with Crippen molar-refractivity contribution in [2.24, 2.45) is 0 Å². The van der Waals surface area contributed by atoms with Gasteiger partial charge in [0.25, 0.3) is 0 Å². The molecule has 0 aliphatic rings. The number of thioether (sulfide) groups is 1. The third kappa shape index (κ3) is 3.95. The lowest BCUT2D eigenvalue weighted by molar-refractivity contribution is 0.102. The van der Waals surface area contributed by atoms with Gasteiger partial charge in [0.2, 0.25) is 0 Å². The molecular weight excluding hydrogens is 400 g/mol. The minimum absolute atomic E-state index is 0.0751. The first-order valence-electron chi connectivity index (χ1n) is 8.03. The predicted molar refractivity (Wildman–Crippen MR) is 109 cm³/mol. The first-order valence-corrected chi connectivity index (χ1v) is 10.3. The number of halogens is 1. The van der Waals surface area contributed by atoms with Gasteiger partial charge in [-0.2, -0.15) is 0 Å². The van der Waals surface area contributed by atoms with Crippen molar-refractivity contribution in [3.8, 4) is 17.1 Å². The molecule has 5 nitrogen and oxygen atoms in total. The summed E-state index contributed by atoms with van der Waals surface area (Å²) in [6.45, 7) is 0. The Labute approximate surface area is 169 Å². The van der Waals surface area contributed by atoms with E-state index in [0.717, 1.165) is 16.1 Å². The summed E-state index contributed by atoms with van der Waals surface area (Å²) in [5.74, 6) is 1.06. The number of ketones is 1. The van der Waals surface area contributed by atoms with E-state index >= 15 is 0 Å². The zero-order valence-corrected chi connectivity index (χ0v) is 16.3. The van der Waals surface area contributed by atoms with Crippen LogP contribution in [0.5, 0.6) is 0 Å². The number of carbonyl (C=O) groups excluding carboxylic acids is 1. The molecule has 0 radical (unpaired) electrons. The van der Waals surface area contributed by atoms with Gasteiger partial charge in [-0.3, -0.25) is 14.3 Å². The highest BCUT2D eigenvalue weighted by atomic mass is 35.5. The standard InChI is InChI=1S/C19H13ClN4OS2/c20-14-3-5-15(6-4-14)24-18(13-7-9-21-10-8-13)22-23-19(24)27-12-16(25)17-2-1-11-26-17/h1-11H,12H2. The van der Waals surface area contributed by atoms with Crippen LogP contribution in [0.1, 0.15) is 9.67 Å². The lowest BCUT2D eigenvalue weighted by atomic mass is 10.2. The second-order valence-corrected chi connectivity index (χ2v) is 7.87. The number of pyridine rings is 1. The lowest BCUT2D eigenvalue weighted by Crippen LogP contribution is -2.03. The van der Waals surface area contributed by atoms with Crippen molar-refractivity contribution < 1.29 is 4.79 Å². The predicted octanol–water partition coefficient (Wildman–Crippen LogP) is 5.02. The number of hydrogen-bond acceptors (Lipinski definition) is 6. The Morgan fingerprint density at radius 1 is 1.07 bits per heavy atom. The van der Waals surface area contributed by atoms with E-state index in [1.807, 2.05) is 58.5 Å². The molecule has 0 bridgehead atoms. The van der Waals surface area contributed by atoms with E-state index in [1.165, 1.54) is 23.1 Å². The van der Waals surface area contributed by atoms with Crippen LogP contribution in [-0.2, 0) is 0 Å². The fraction of sp³-hybridized carbons (Fsp3) is 0.0526. The summed E-state index contributed by atoms with van der Waals surface area (Å²) in [7, 11) is 0. The van der Waals surface area contributed by atoms with E-state index in [2.05, 4.69) is 15.2 Å². The number of Topliss-reactive ketones (excluding diaryl/α,β-unsaturated/α-hetero) is 1. The molecule has 0 unspecified atom stereocenters. The van der Waals surface area contributed by atoms with Crippen LogP contribution >= 0.6 is 34.7 Å². The Morgan fingerprint density at radius 3 is 2.56 bits per heavy atom. The maximum Gasteiger partial charge on any atom is 0.196 e. The summed E-state index contributed by atoms with van der Waals surface area (Å²) < 4.78 is 1.93. The molecule has 4 aromatic rings. The molecule has 1 aromatic carbocycles. The molecule has 0 saturated heterocycles. The molecule has 0 aliphatic carbocycles. The normalized spacial score (nSPS) is 10.9. The zero-order chi connectivity index (χ0) is 18.6. The number of nitrogens with zero attached hydrogens (tertiary/aromatic N) is 4. The van der Waals surface area contributed by atoms with Crippen molar-refractivity contribution >= 4 is 40.5 Å². The summed E-state index contributed by atoms with van der Waals surface area (Å²) in [6.07, 6.45) is 3.42. The van der Waals surface area contributed by atoms with Crippen LogP contribution in [0.15, 0.2) is 71.5 Å². The molecule has 0 aliphatic heterocycles. The van der Waals surface area contributed by atoms with Crippen LogP contribution in [0.3, 0.4) is 0 Å². The average Bonchev–Trinajstić information content (AvgIpc) is 3.38. The minimum atomic E-state index is 0.0751. The second-order valence-electron chi connectivity index (χ2n) is 5.54. The smallest absolute Gasteiger partial charge is 0.196 e. The number of carbonyl (C=O) groups is 1. The molecule has 8 heteroatoms. The number of aromatic nitrogens is 4. The van der Waals surface area contributed by atoms with Gasteiger partial charge in [-0.15, -0.1) is 21.5 Å². The van der Waals surface area contributed by atoms with Crippen LogP contribution in [0.25, 0.3) is 17.1 Å². The van der Waals surface area contributed by atoms with Gasteiger partial charge in [0.15, 0.2) is 16.8 Å². The van der Waals surface area contributed by atoms with E-state index in [4.69, 9.17) is 11.6 Å². The molecular formula is C19H13ClN4OS2. The van der Waals surface area contributed by atoms with Gasteiger partial charge in [0, 0.05) is 28.7 Å². The summed E-state index contributed by atoms with van der Waals surface area (Å²) >= 11 is 8.84. The molecule has 3 heterocycles. The summed E-state index contributed by atoms with van der Waals surface area (Å²) in [6, 6.07) is 14.9. The van der Waals surface area contributed by atoms with E-state index in [0.29, 0.717) is 21.8 Å². The van der Waals surface area contributed by atoms with Crippen LogP contribution in [0.2, 0.25) is 5.02 Å². The van der Waals surface area contributed by atoms with Crippen molar-refractivity contribution in [1.82, 2.24) is 19.7 Å². The van der Waals surface area contributed by atoms with Crippen molar-refractivity contribution in [2.75, 3.05) is 5.75 Å². The molecule has 134 valence electrons. The monoisotopic (exact) mass is 412 g/mol. The third-order valence-electron chi connectivity index (χ3n) is 3.79. The molecule has 4 rings (SSSR count). The molecule has 0 amide bonds. The van der Waals surface area contributed by atoms with Gasteiger partial charge in [0.05, 0.1) is 10.6 Å². The fourth-order valence-corrected chi connectivity index (χ4v) is 4.23. The van der Waals surface area contributed by atoms with Gasteiger partial charge in [0.1, 0.15) is 0 Å². The summed E-state index contributed by atoms with van der Waals surface area (Å²) in [4.78, 5) is 17.2. The van der Waals surface area contributed by atoms with Crippen molar-refractivity contribution in [2.45, 2.75) is 5.16 Å². The van der Waals surface area contributed by atoms with Crippen LogP contribution < -0.4 is 0 Å². The summed E-state index contributed by atoms with van der Waals surface area (Å²) in [5, 5.41) is 11.9. The summed E-state index contributed by atoms with van der Waals surface area (Å²) in [5.41, 5.74) is 1.77. The molecule has 0 atom stereocenters. The number of hydrogen-bond donors (Lipinski definition) is 0. The first kappa shape index (κ1) is 17.9. The number of thiophene rings is 1. The Bertz CT molecular complexity index is 1050. The van der Waals surface area contributed by atoms with Crippen molar-refractivity contribution in [3.05, 3.63) is 76.2 Å². The highest BCUT2D eigenvalue weighted by molar-refractivity contribution is 7.99. The van der Waals surface area contributed by atoms with Gasteiger partial charge in [-0.25, -0.2) is 0 Å².